The maximum absolute atomic E-state index is 14.1. The zero-order valence-corrected chi connectivity index (χ0v) is 14.7. The second-order valence-corrected chi connectivity index (χ2v) is 6.56. The van der Waals surface area contributed by atoms with Crippen LogP contribution in [0.2, 0.25) is 0 Å². The van der Waals surface area contributed by atoms with Crippen molar-refractivity contribution in [3.8, 4) is 11.3 Å². The lowest BCUT2D eigenvalue weighted by Crippen LogP contribution is -1.95. The van der Waals surface area contributed by atoms with Crippen LogP contribution in [0.1, 0.15) is 11.1 Å². The highest BCUT2D eigenvalue weighted by Gasteiger charge is 2.07. The first-order valence-electron chi connectivity index (χ1n) is 6.90. The van der Waals surface area contributed by atoms with E-state index in [0.29, 0.717) is 16.3 Å². The number of nitrogens with zero attached hydrogens (tertiary/aromatic N) is 2. The first-order chi connectivity index (χ1) is 11.1. The maximum Gasteiger partial charge on any atom is 0.203 e. The second-order valence-electron chi connectivity index (χ2n) is 4.85. The Bertz CT molecular complexity index is 846. The van der Waals surface area contributed by atoms with Gasteiger partial charge in [-0.05, 0) is 24.6 Å². The molecule has 0 saturated carbocycles. The van der Waals surface area contributed by atoms with Crippen LogP contribution >= 0.6 is 27.3 Å². The minimum absolute atomic E-state index is 0.283. The van der Waals surface area contributed by atoms with E-state index in [1.807, 2.05) is 35.7 Å². The number of hydrogen-bond donors (Lipinski definition) is 1. The predicted molar refractivity (Wildman–Crippen MR) is 97.6 cm³/mol. The predicted octanol–water partition coefficient (Wildman–Crippen LogP) is 5.47. The molecule has 2 aromatic carbocycles. The molecule has 1 aromatic heterocycles. The SMILES string of the molecule is Cc1c(Br)ccc(C=NNc2nc(-c3ccccc3)cs2)c1F. The molecular formula is C17H13BrFN3S. The summed E-state index contributed by atoms with van der Waals surface area (Å²) in [6.45, 7) is 1.72. The lowest BCUT2D eigenvalue weighted by molar-refractivity contribution is 0.615. The number of benzene rings is 2. The van der Waals surface area contributed by atoms with Gasteiger partial charge in [-0.25, -0.2) is 9.37 Å². The Morgan fingerprint density at radius 3 is 2.78 bits per heavy atom. The van der Waals surface area contributed by atoms with Gasteiger partial charge in [0.15, 0.2) is 0 Å². The summed E-state index contributed by atoms with van der Waals surface area (Å²) < 4.78 is 14.8. The molecule has 3 aromatic rings. The molecule has 0 spiro atoms. The summed E-state index contributed by atoms with van der Waals surface area (Å²) in [5, 5.41) is 6.69. The molecule has 0 amide bonds. The van der Waals surface area contributed by atoms with Crippen LogP contribution in [-0.2, 0) is 0 Å². The van der Waals surface area contributed by atoms with Gasteiger partial charge in [0.2, 0.25) is 5.13 Å². The number of hydrogen-bond acceptors (Lipinski definition) is 4. The number of hydrazone groups is 1. The van der Waals surface area contributed by atoms with Gasteiger partial charge in [0.25, 0.3) is 0 Å². The van der Waals surface area contributed by atoms with Crippen molar-refractivity contribution in [2.75, 3.05) is 5.43 Å². The molecule has 0 aliphatic carbocycles. The van der Waals surface area contributed by atoms with Crippen molar-refractivity contribution in [1.29, 1.82) is 0 Å². The molecule has 0 aliphatic heterocycles. The minimum Gasteiger partial charge on any atom is -0.253 e. The number of thiazole rings is 1. The van der Waals surface area contributed by atoms with Crippen molar-refractivity contribution in [2.24, 2.45) is 5.10 Å². The smallest absolute Gasteiger partial charge is 0.203 e. The quantitative estimate of drug-likeness (QED) is 0.474. The van der Waals surface area contributed by atoms with E-state index in [-0.39, 0.29) is 5.82 Å². The van der Waals surface area contributed by atoms with E-state index in [1.165, 1.54) is 17.6 Å². The maximum atomic E-state index is 14.1. The molecule has 1 heterocycles. The summed E-state index contributed by atoms with van der Waals surface area (Å²) >= 11 is 4.75. The Balaban J connectivity index is 1.72. The first kappa shape index (κ1) is 15.8. The molecule has 0 bridgehead atoms. The lowest BCUT2D eigenvalue weighted by Gasteiger charge is -2.02. The Morgan fingerprint density at radius 2 is 2.00 bits per heavy atom. The third-order valence-electron chi connectivity index (χ3n) is 3.29. The highest BCUT2D eigenvalue weighted by Crippen LogP contribution is 2.24. The summed E-state index contributed by atoms with van der Waals surface area (Å²) in [6.07, 6.45) is 1.46. The molecule has 116 valence electrons. The molecule has 0 fully saturated rings. The fourth-order valence-electron chi connectivity index (χ4n) is 2.01. The van der Waals surface area contributed by atoms with E-state index in [9.17, 15) is 4.39 Å². The standard InChI is InChI=1S/C17H13BrFN3S/c1-11-14(18)8-7-13(16(11)19)9-20-22-17-21-15(10-23-17)12-5-3-2-4-6-12/h2-10H,1H3,(H,21,22). The molecular weight excluding hydrogens is 377 g/mol. The van der Waals surface area contributed by atoms with Gasteiger partial charge in [-0.15, -0.1) is 11.3 Å². The van der Waals surface area contributed by atoms with Crippen LogP contribution in [0.5, 0.6) is 0 Å². The minimum atomic E-state index is -0.283. The van der Waals surface area contributed by atoms with E-state index in [2.05, 4.69) is 31.4 Å². The van der Waals surface area contributed by atoms with Gasteiger partial charge in [0.1, 0.15) is 5.82 Å². The molecule has 1 N–H and O–H groups in total. The van der Waals surface area contributed by atoms with Crippen molar-refractivity contribution in [1.82, 2.24) is 4.98 Å². The number of halogens is 2. The Kier molecular flexibility index (Phi) is 4.83. The van der Waals surface area contributed by atoms with Crippen LogP contribution in [-0.4, -0.2) is 11.2 Å². The third-order valence-corrected chi connectivity index (χ3v) is 4.89. The molecule has 3 nitrogen and oxygen atoms in total. The summed E-state index contributed by atoms with van der Waals surface area (Å²) in [7, 11) is 0. The monoisotopic (exact) mass is 389 g/mol. The van der Waals surface area contributed by atoms with Gasteiger partial charge in [-0.3, -0.25) is 5.43 Å². The number of aromatic nitrogens is 1. The average Bonchev–Trinajstić information content (AvgIpc) is 3.05. The van der Waals surface area contributed by atoms with E-state index in [0.717, 1.165) is 15.7 Å². The average molecular weight is 390 g/mol. The molecule has 0 saturated heterocycles. The van der Waals surface area contributed by atoms with Gasteiger partial charge in [-0.1, -0.05) is 46.3 Å². The molecule has 0 atom stereocenters. The van der Waals surface area contributed by atoms with Crippen LogP contribution in [0.25, 0.3) is 11.3 Å². The molecule has 0 unspecified atom stereocenters. The Hall–Kier alpha value is -2.05. The lowest BCUT2D eigenvalue weighted by atomic mass is 10.1. The molecule has 0 radical (unpaired) electrons. The van der Waals surface area contributed by atoms with Gasteiger partial charge < -0.3 is 0 Å². The highest BCUT2D eigenvalue weighted by atomic mass is 79.9. The van der Waals surface area contributed by atoms with E-state index < -0.39 is 0 Å². The van der Waals surface area contributed by atoms with Gasteiger partial charge >= 0.3 is 0 Å². The van der Waals surface area contributed by atoms with E-state index in [4.69, 9.17) is 0 Å². The van der Waals surface area contributed by atoms with Crippen LogP contribution < -0.4 is 5.43 Å². The summed E-state index contributed by atoms with van der Waals surface area (Å²) in [5.41, 5.74) is 5.78. The zero-order chi connectivity index (χ0) is 16.2. The fraction of sp³-hybridized carbons (Fsp3) is 0.0588. The number of nitrogens with one attached hydrogen (secondary N) is 1. The third kappa shape index (κ3) is 3.65. The van der Waals surface area contributed by atoms with Crippen molar-refractivity contribution >= 4 is 38.6 Å². The fourth-order valence-corrected chi connectivity index (χ4v) is 2.98. The largest absolute Gasteiger partial charge is 0.253 e. The molecule has 6 heteroatoms. The van der Waals surface area contributed by atoms with Crippen LogP contribution in [0.15, 0.2) is 57.4 Å². The Labute approximate surface area is 146 Å². The molecule has 3 rings (SSSR count). The zero-order valence-electron chi connectivity index (χ0n) is 12.3. The van der Waals surface area contributed by atoms with Crippen LogP contribution in [0.3, 0.4) is 0 Å². The van der Waals surface area contributed by atoms with Crippen molar-refractivity contribution in [3.63, 3.8) is 0 Å². The number of rotatable bonds is 4. The summed E-state index contributed by atoms with van der Waals surface area (Å²) in [5.74, 6) is -0.283. The highest BCUT2D eigenvalue weighted by molar-refractivity contribution is 9.10. The summed E-state index contributed by atoms with van der Waals surface area (Å²) in [4.78, 5) is 4.46. The van der Waals surface area contributed by atoms with Crippen molar-refractivity contribution in [3.05, 3.63) is 69.3 Å². The van der Waals surface area contributed by atoms with E-state index in [1.54, 1.807) is 19.1 Å². The molecule has 0 aliphatic rings. The normalized spacial score (nSPS) is 11.1. The van der Waals surface area contributed by atoms with Gasteiger partial charge in [0, 0.05) is 21.0 Å². The van der Waals surface area contributed by atoms with Gasteiger partial charge in [0.05, 0.1) is 11.9 Å². The van der Waals surface area contributed by atoms with Crippen molar-refractivity contribution < 1.29 is 4.39 Å². The second kappa shape index (κ2) is 7.02. The van der Waals surface area contributed by atoms with Gasteiger partial charge in [-0.2, -0.15) is 5.10 Å². The first-order valence-corrected chi connectivity index (χ1v) is 8.57. The summed E-state index contributed by atoms with van der Waals surface area (Å²) in [6, 6.07) is 13.4. The van der Waals surface area contributed by atoms with Crippen LogP contribution in [0.4, 0.5) is 9.52 Å². The molecule has 23 heavy (non-hydrogen) atoms. The number of anilines is 1. The Morgan fingerprint density at radius 1 is 1.22 bits per heavy atom. The van der Waals surface area contributed by atoms with Crippen molar-refractivity contribution in [2.45, 2.75) is 6.92 Å². The topological polar surface area (TPSA) is 37.3 Å². The van der Waals surface area contributed by atoms with Crippen LogP contribution in [0, 0.1) is 12.7 Å². The van der Waals surface area contributed by atoms with E-state index >= 15 is 0 Å².